The number of likely N-dealkylation sites (tertiary alicyclic amines) is 1. The number of amides is 2. The molecular weight excluding hydrogens is 310 g/mol. The SMILES string of the molecule is CCC(NC(=O)CCN1CCCCCC1=O)c1nc(C)c(C)s1. The first-order valence-electron chi connectivity index (χ1n) is 8.52. The monoisotopic (exact) mass is 337 g/mol. The van der Waals surface area contributed by atoms with Gasteiger partial charge in [-0.2, -0.15) is 0 Å². The maximum Gasteiger partial charge on any atom is 0.222 e. The molecule has 0 saturated carbocycles. The van der Waals surface area contributed by atoms with E-state index in [4.69, 9.17) is 0 Å². The van der Waals surface area contributed by atoms with Crippen molar-refractivity contribution in [3.63, 3.8) is 0 Å². The Labute approximate surface area is 142 Å². The summed E-state index contributed by atoms with van der Waals surface area (Å²) in [6.45, 7) is 7.41. The van der Waals surface area contributed by atoms with Gasteiger partial charge in [-0.05, 0) is 33.1 Å². The number of carbonyl (C=O) groups is 2. The van der Waals surface area contributed by atoms with Crippen LogP contribution in [-0.4, -0.2) is 34.8 Å². The van der Waals surface area contributed by atoms with Gasteiger partial charge in [0.25, 0.3) is 0 Å². The van der Waals surface area contributed by atoms with Crippen LogP contribution in [0.3, 0.4) is 0 Å². The number of hydrogen-bond acceptors (Lipinski definition) is 4. The maximum absolute atomic E-state index is 12.2. The summed E-state index contributed by atoms with van der Waals surface area (Å²) in [5.41, 5.74) is 1.04. The summed E-state index contributed by atoms with van der Waals surface area (Å²) in [6.07, 6.45) is 4.93. The highest BCUT2D eigenvalue weighted by molar-refractivity contribution is 7.11. The van der Waals surface area contributed by atoms with Crippen molar-refractivity contribution < 1.29 is 9.59 Å². The summed E-state index contributed by atoms with van der Waals surface area (Å²) in [6, 6.07) is -0.0280. The van der Waals surface area contributed by atoms with Gasteiger partial charge in [0.1, 0.15) is 5.01 Å². The number of carbonyl (C=O) groups excluding carboxylic acids is 2. The minimum Gasteiger partial charge on any atom is -0.347 e. The van der Waals surface area contributed by atoms with Crippen LogP contribution in [0.2, 0.25) is 0 Å². The van der Waals surface area contributed by atoms with Crippen LogP contribution >= 0.6 is 11.3 Å². The molecule has 2 heterocycles. The molecule has 1 fully saturated rings. The van der Waals surface area contributed by atoms with E-state index in [1.165, 1.54) is 4.88 Å². The highest BCUT2D eigenvalue weighted by Crippen LogP contribution is 2.24. The van der Waals surface area contributed by atoms with Gasteiger partial charge in [-0.3, -0.25) is 9.59 Å². The van der Waals surface area contributed by atoms with Gasteiger partial charge in [0.15, 0.2) is 0 Å². The number of rotatable bonds is 6. The minimum atomic E-state index is -0.0280. The van der Waals surface area contributed by atoms with Crippen molar-refractivity contribution in [1.82, 2.24) is 15.2 Å². The first kappa shape index (κ1) is 17.9. The predicted molar refractivity (Wildman–Crippen MR) is 92.4 cm³/mol. The van der Waals surface area contributed by atoms with E-state index in [2.05, 4.69) is 24.1 Å². The summed E-state index contributed by atoms with van der Waals surface area (Å²) in [7, 11) is 0. The van der Waals surface area contributed by atoms with Crippen molar-refractivity contribution in [1.29, 1.82) is 0 Å². The molecule has 128 valence electrons. The third kappa shape index (κ3) is 5.03. The lowest BCUT2D eigenvalue weighted by Crippen LogP contribution is -2.35. The largest absolute Gasteiger partial charge is 0.347 e. The predicted octanol–water partition coefficient (Wildman–Crippen LogP) is 3.12. The second-order valence-corrected chi connectivity index (χ2v) is 7.40. The van der Waals surface area contributed by atoms with Gasteiger partial charge in [0.2, 0.25) is 11.8 Å². The zero-order valence-corrected chi connectivity index (χ0v) is 15.2. The molecule has 1 atom stereocenters. The van der Waals surface area contributed by atoms with Gasteiger partial charge >= 0.3 is 0 Å². The van der Waals surface area contributed by atoms with Gasteiger partial charge in [-0.15, -0.1) is 11.3 Å². The molecule has 5 nitrogen and oxygen atoms in total. The number of nitrogens with zero attached hydrogens (tertiary/aromatic N) is 2. The van der Waals surface area contributed by atoms with Crippen molar-refractivity contribution in [2.45, 2.75) is 65.3 Å². The molecule has 1 saturated heterocycles. The Kier molecular flexibility index (Phi) is 6.57. The summed E-state index contributed by atoms with van der Waals surface area (Å²) in [5.74, 6) is 0.188. The molecule has 2 amide bonds. The van der Waals surface area contributed by atoms with Gasteiger partial charge in [-0.1, -0.05) is 13.3 Å². The summed E-state index contributed by atoms with van der Waals surface area (Å²) in [4.78, 5) is 31.8. The topological polar surface area (TPSA) is 62.3 Å². The van der Waals surface area contributed by atoms with Gasteiger partial charge in [-0.25, -0.2) is 4.98 Å². The Morgan fingerprint density at radius 1 is 1.35 bits per heavy atom. The van der Waals surface area contributed by atoms with Crippen LogP contribution < -0.4 is 5.32 Å². The maximum atomic E-state index is 12.2. The molecule has 1 aliphatic heterocycles. The van der Waals surface area contributed by atoms with Crippen molar-refractivity contribution in [2.24, 2.45) is 0 Å². The molecule has 0 radical (unpaired) electrons. The second kappa shape index (κ2) is 8.43. The summed E-state index contributed by atoms with van der Waals surface area (Å²) >= 11 is 1.65. The Morgan fingerprint density at radius 3 is 2.78 bits per heavy atom. The van der Waals surface area contributed by atoms with Crippen LogP contribution in [-0.2, 0) is 9.59 Å². The number of aromatic nitrogens is 1. The van der Waals surface area contributed by atoms with E-state index in [0.717, 1.165) is 42.9 Å². The molecule has 1 aliphatic rings. The van der Waals surface area contributed by atoms with Crippen molar-refractivity contribution >= 4 is 23.2 Å². The third-order valence-corrected chi connectivity index (χ3v) is 5.55. The number of hydrogen-bond donors (Lipinski definition) is 1. The zero-order chi connectivity index (χ0) is 16.8. The van der Waals surface area contributed by atoms with E-state index in [1.807, 2.05) is 11.8 Å². The highest BCUT2D eigenvalue weighted by atomic mass is 32.1. The molecule has 0 aliphatic carbocycles. The Morgan fingerprint density at radius 2 is 2.13 bits per heavy atom. The average molecular weight is 337 g/mol. The lowest BCUT2D eigenvalue weighted by atomic mass is 10.2. The molecule has 2 rings (SSSR count). The molecule has 23 heavy (non-hydrogen) atoms. The fourth-order valence-electron chi connectivity index (χ4n) is 2.76. The Hall–Kier alpha value is -1.43. The fourth-order valence-corrected chi connectivity index (χ4v) is 3.82. The molecular formula is C17H27N3O2S. The van der Waals surface area contributed by atoms with E-state index >= 15 is 0 Å². The molecule has 1 aromatic heterocycles. The first-order chi connectivity index (χ1) is 11.0. The minimum absolute atomic E-state index is 0.000553. The second-order valence-electron chi connectivity index (χ2n) is 6.16. The molecule has 0 bridgehead atoms. The van der Waals surface area contributed by atoms with Crippen LogP contribution in [0.4, 0.5) is 0 Å². The van der Waals surface area contributed by atoms with Crippen molar-refractivity contribution in [2.75, 3.05) is 13.1 Å². The molecule has 1 N–H and O–H groups in total. The van der Waals surface area contributed by atoms with Gasteiger partial charge < -0.3 is 10.2 Å². The normalized spacial score (nSPS) is 17.0. The van der Waals surface area contributed by atoms with E-state index in [1.54, 1.807) is 11.3 Å². The van der Waals surface area contributed by atoms with E-state index in [-0.39, 0.29) is 17.9 Å². The quantitative estimate of drug-likeness (QED) is 0.867. The lowest BCUT2D eigenvalue weighted by Gasteiger charge is -2.21. The van der Waals surface area contributed by atoms with Crippen molar-refractivity contribution in [3.8, 4) is 0 Å². The van der Waals surface area contributed by atoms with Crippen LogP contribution in [0.1, 0.15) is 67.1 Å². The van der Waals surface area contributed by atoms with Gasteiger partial charge in [0.05, 0.1) is 11.7 Å². The first-order valence-corrected chi connectivity index (χ1v) is 9.34. The van der Waals surface area contributed by atoms with Crippen LogP contribution in [0.25, 0.3) is 0 Å². The van der Waals surface area contributed by atoms with E-state index in [9.17, 15) is 9.59 Å². The number of nitrogens with one attached hydrogen (secondary N) is 1. The summed E-state index contributed by atoms with van der Waals surface area (Å²) < 4.78 is 0. The van der Waals surface area contributed by atoms with Crippen LogP contribution in [0, 0.1) is 13.8 Å². The Bertz CT molecular complexity index is 537. The number of aryl methyl sites for hydroxylation is 2. The smallest absolute Gasteiger partial charge is 0.222 e. The van der Waals surface area contributed by atoms with E-state index in [0.29, 0.717) is 19.4 Å². The Balaban J connectivity index is 1.86. The van der Waals surface area contributed by atoms with E-state index < -0.39 is 0 Å². The molecule has 1 unspecified atom stereocenters. The third-order valence-electron chi connectivity index (χ3n) is 4.37. The van der Waals surface area contributed by atoms with Crippen LogP contribution in [0.15, 0.2) is 0 Å². The molecule has 0 aromatic carbocycles. The van der Waals surface area contributed by atoms with Crippen molar-refractivity contribution in [3.05, 3.63) is 15.6 Å². The fraction of sp³-hybridized carbons (Fsp3) is 0.706. The average Bonchev–Trinajstić information content (AvgIpc) is 2.72. The zero-order valence-electron chi connectivity index (χ0n) is 14.4. The standard InChI is InChI=1S/C17H27N3O2S/c1-4-14(17-18-12(2)13(3)23-17)19-15(21)9-11-20-10-7-5-6-8-16(20)22/h14H,4-11H2,1-3H3,(H,19,21). The molecule has 6 heteroatoms. The number of thiazole rings is 1. The highest BCUT2D eigenvalue weighted by Gasteiger charge is 2.20. The van der Waals surface area contributed by atoms with Crippen LogP contribution in [0.5, 0.6) is 0 Å². The van der Waals surface area contributed by atoms with Gasteiger partial charge in [0, 0.05) is 30.8 Å². The molecule has 1 aromatic rings. The molecule has 0 spiro atoms. The summed E-state index contributed by atoms with van der Waals surface area (Å²) in [5, 5.41) is 4.04. The lowest BCUT2D eigenvalue weighted by molar-refractivity contribution is -0.131.